The molecule has 2 nitrogen and oxygen atoms in total. The van der Waals surface area contributed by atoms with E-state index in [-0.39, 0.29) is 0 Å². The molecule has 1 saturated heterocycles. The second-order valence-corrected chi connectivity index (χ2v) is 5.85. The summed E-state index contributed by atoms with van der Waals surface area (Å²) in [5, 5.41) is 8.08. The van der Waals surface area contributed by atoms with Crippen LogP contribution in [-0.2, 0) is 0 Å². The van der Waals surface area contributed by atoms with Crippen LogP contribution in [0.15, 0.2) is 0 Å². The number of hydrogen-bond donors (Lipinski definition) is 1. The van der Waals surface area contributed by atoms with Crippen LogP contribution < -0.4 is 0 Å². The highest BCUT2D eigenvalue weighted by Gasteiger charge is 2.37. The van der Waals surface area contributed by atoms with Crippen molar-refractivity contribution >= 4 is 5.84 Å². The Morgan fingerprint density at radius 1 is 1.20 bits per heavy atom. The van der Waals surface area contributed by atoms with Gasteiger partial charge in [-0.05, 0) is 31.1 Å². The van der Waals surface area contributed by atoms with Crippen molar-refractivity contribution in [3.63, 3.8) is 0 Å². The van der Waals surface area contributed by atoms with Gasteiger partial charge >= 0.3 is 0 Å². The first-order chi connectivity index (χ1) is 7.11. The second kappa shape index (κ2) is 4.15. The molecule has 0 aromatic heterocycles. The molecule has 0 spiro atoms. The van der Waals surface area contributed by atoms with Crippen molar-refractivity contribution in [2.24, 2.45) is 5.41 Å². The smallest absolute Gasteiger partial charge is 0.0960 e. The average molecular weight is 208 g/mol. The number of nitrogens with one attached hydrogen (secondary N) is 1. The molecule has 1 N–H and O–H groups in total. The fourth-order valence-corrected chi connectivity index (χ4v) is 3.25. The maximum Gasteiger partial charge on any atom is 0.0960 e. The van der Waals surface area contributed by atoms with Gasteiger partial charge in [-0.15, -0.1) is 0 Å². The Hall–Kier alpha value is -0.530. The summed E-state index contributed by atoms with van der Waals surface area (Å²) in [6, 6.07) is 0.638. The van der Waals surface area contributed by atoms with Gasteiger partial charge in [-0.2, -0.15) is 0 Å². The molecule has 2 aliphatic rings. The van der Waals surface area contributed by atoms with E-state index in [1.807, 2.05) is 0 Å². The molecule has 0 bridgehead atoms. The highest BCUT2D eigenvalue weighted by molar-refractivity contribution is 5.80. The standard InChI is InChI=1S/C13H24N2/c1-13(2)9-5-3-7-11(13)15-10-6-4-8-12(15)14/h11,14H,3-10H2,1-2H3. The highest BCUT2D eigenvalue weighted by atomic mass is 15.2. The van der Waals surface area contributed by atoms with E-state index in [1.54, 1.807) is 0 Å². The number of amidine groups is 1. The van der Waals surface area contributed by atoms with Crippen LogP contribution in [0, 0.1) is 10.8 Å². The third kappa shape index (κ3) is 2.19. The Kier molecular flexibility index (Phi) is 3.03. The van der Waals surface area contributed by atoms with Crippen LogP contribution in [0.3, 0.4) is 0 Å². The normalized spacial score (nSPS) is 31.7. The van der Waals surface area contributed by atoms with Crippen LogP contribution in [0.2, 0.25) is 0 Å². The summed E-state index contributed by atoms with van der Waals surface area (Å²) in [5.74, 6) is 0.904. The second-order valence-electron chi connectivity index (χ2n) is 5.85. The van der Waals surface area contributed by atoms with Gasteiger partial charge in [0.25, 0.3) is 0 Å². The number of rotatable bonds is 1. The number of piperidine rings is 1. The summed E-state index contributed by atoms with van der Waals surface area (Å²) in [4.78, 5) is 2.41. The molecule has 0 radical (unpaired) electrons. The van der Waals surface area contributed by atoms with Crippen LogP contribution in [-0.4, -0.2) is 23.3 Å². The Morgan fingerprint density at radius 3 is 2.67 bits per heavy atom. The molecule has 0 amide bonds. The molecule has 86 valence electrons. The van der Waals surface area contributed by atoms with E-state index in [4.69, 9.17) is 5.41 Å². The summed E-state index contributed by atoms with van der Waals surface area (Å²) in [6.45, 7) is 5.91. The van der Waals surface area contributed by atoms with Crippen LogP contribution in [0.1, 0.15) is 58.8 Å². The van der Waals surface area contributed by atoms with Crippen molar-refractivity contribution < 1.29 is 0 Å². The molecular weight excluding hydrogens is 184 g/mol. The molecule has 0 aromatic carbocycles. The maximum absolute atomic E-state index is 8.08. The van der Waals surface area contributed by atoms with E-state index in [0.717, 1.165) is 18.8 Å². The predicted molar refractivity (Wildman–Crippen MR) is 64.3 cm³/mol. The van der Waals surface area contributed by atoms with Gasteiger partial charge in [0.15, 0.2) is 0 Å². The molecule has 1 heterocycles. The highest BCUT2D eigenvalue weighted by Crippen LogP contribution is 2.39. The zero-order valence-electron chi connectivity index (χ0n) is 10.2. The van der Waals surface area contributed by atoms with Crippen LogP contribution in [0.25, 0.3) is 0 Å². The average Bonchev–Trinajstić information content (AvgIpc) is 2.19. The van der Waals surface area contributed by atoms with Crippen molar-refractivity contribution in [2.75, 3.05) is 6.54 Å². The lowest BCUT2D eigenvalue weighted by Gasteiger charge is -2.47. The van der Waals surface area contributed by atoms with Crippen LogP contribution >= 0.6 is 0 Å². The van der Waals surface area contributed by atoms with Gasteiger partial charge in [0.05, 0.1) is 5.84 Å². The summed E-state index contributed by atoms with van der Waals surface area (Å²) in [5.41, 5.74) is 0.419. The first-order valence-corrected chi connectivity index (χ1v) is 6.45. The van der Waals surface area contributed by atoms with Crippen molar-refractivity contribution in [3.05, 3.63) is 0 Å². The Morgan fingerprint density at radius 2 is 2.00 bits per heavy atom. The molecular formula is C13H24N2. The predicted octanol–water partition coefficient (Wildman–Crippen LogP) is 3.42. The molecule has 2 heteroatoms. The molecule has 1 atom stereocenters. The van der Waals surface area contributed by atoms with Gasteiger partial charge in [-0.1, -0.05) is 26.7 Å². The molecule has 1 aliphatic heterocycles. The van der Waals surface area contributed by atoms with E-state index in [0.29, 0.717) is 11.5 Å². The largest absolute Gasteiger partial charge is 0.357 e. The zero-order valence-corrected chi connectivity index (χ0v) is 10.2. The molecule has 0 aromatic rings. The Balaban J connectivity index is 2.09. The first-order valence-electron chi connectivity index (χ1n) is 6.45. The van der Waals surface area contributed by atoms with Crippen molar-refractivity contribution in [1.29, 1.82) is 5.41 Å². The van der Waals surface area contributed by atoms with E-state index in [2.05, 4.69) is 18.7 Å². The van der Waals surface area contributed by atoms with E-state index >= 15 is 0 Å². The van der Waals surface area contributed by atoms with Gasteiger partial charge in [0.1, 0.15) is 0 Å². The fourth-order valence-electron chi connectivity index (χ4n) is 3.25. The minimum Gasteiger partial charge on any atom is -0.357 e. The molecule has 1 aliphatic carbocycles. The first kappa shape index (κ1) is 11.0. The van der Waals surface area contributed by atoms with Crippen molar-refractivity contribution in [3.8, 4) is 0 Å². The molecule has 1 saturated carbocycles. The summed E-state index contributed by atoms with van der Waals surface area (Å²) in [6.07, 6.45) is 8.89. The summed E-state index contributed by atoms with van der Waals surface area (Å²) < 4.78 is 0. The lowest BCUT2D eigenvalue weighted by molar-refractivity contribution is 0.0891. The van der Waals surface area contributed by atoms with Crippen LogP contribution in [0.4, 0.5) is 0 Å². The van der Waals surface area contributed by atoms with E-state index in [9.17, 15) is 0 Å². The molecule has 2 rings (SSSR count). The van der Waals surface area contributed by atoms with Crippen LogP contribution in [0.5, 0.6) is 0 Å². The fraction of sp³-hybridized carbons (Fsp3) is 0.923. The van der Waals surface area contributed by atoms with Crippen molar-refractivity contribution in [1.82, 2.24) is 4.90 Å². The van der Waals surface area contributed by atoms with Crippen molar-refractivity contribution in [2.45, 2.75) is 64.8 Å². The quantitative estimate of drug-likeness (QED) is 0.702. The van der Waals surface area contributed by atoms with E-state index < -0.39 is 0 Å². The minimum absolute atomic E-state index is 0.419. The number of hydrogen-bond acceptors (Lipinski definition) is 1. The summed E-state index contributed by atoms with van der Waals surface area (Å²) >= 11 is 0. The SMILES string of the molecule is CC1(C)CCCCC1N1CCCCC1=N. The lowest BCUT2D eigenvalue weighted by atomic mass is 9.72. The summed E-state index contributed by atoms with van der Waals surface area (Å²) in [7, 11) is 0. The van der Waals surface area contributed by atoms with Gasteiger partial charge in [0, 0.05) is 19.0 Å². The lowest BCUT2D eigenvalue weighted by Crippen LogP contribution is -2.51. The van der Waals surface area contributed by atoms with Gasteiger partial charge in [-0.25, -0.2) is 0 Å². The third-order valence-electron chi connectivity index (χ3n) is 4.24. The molecule has 2 fully saturated rings. The van der Waals surface area contributed by atoms with Gasteiger partial charge in [0.2, 0.25) is 0 Å². The van der Waals surface area contributed by atoms with Gasteiger partial charge < -0.3 is 4.90 Å². The number of nitrogens with zero attached hydrogens (tertiary/aromatic N) is 1. The minimum atomic E-state index is 0.419. The van der Waals surface area contributed by atoms with E-state index in [1.165, 1.54) is 38.5 Å². The molecule has 1 unspecified atom stereocenters. The molecule has 15 heavy (non-hydrogen) atoms. The Labute approximate surface area is 93.6 Å². The number of likely N-dealkylation sites (tertiary alicyclic amines) is 1. The monoisotopic (exact) mass is 208 g/mol. The zero-order chi connectivity index (χ0) is 10.9. The maximum atomic E-state index is 8.08. The Bertz CT molecular complexity index is 245. The van der Waals surface area contributed by atoms with Gasteiger partial charge in [-0.3, -0.25) is 5.41 Å². The topological polar surface area (TPSA) is 27.1 Å². The third-order valence-corrected chi connectivity index (χ3v) is 4.24.